The molecule has 114 valence electrons. The Hall–Kier alpha value is -1.84. The van der Waals surface area contributed by atoms with Gasteiger partial charge in [-0.25, -0.2) is 0 Å². The van der Waals surface area contributed by atoms with E-state index in [0.29, 0.717) is 24.7 Å². The van der Waals surface area contributed by atoms with Gasteiger partial charge in [-0.15, -0.1) is 0 Å². The third-order valence-corrected chi connectivity index (χ3v) is 4.13. The lowest BCUT2D eigenvalue weighted by atomic mass is 10.0. The molecule has 2 rings (SSSR count). The van der Waals surface area contributed by atoms with Crippen molar-refractivity contribution in [1.29, 1.82) is 0 Å². The van der Waals surface area contributed by atoms with Gasteiger partial charge in [-0.2, -0.15) is 0 Å². The van der Waals surface area contributed by atoms with Gasteiger partial charge >= 0.3 is 5.97 Å². The van der Waals surface area contributed by atoms with E-state index < -0.39 is 11.9 Å². The van der Waals surface area contributed by atoms with Crippen LogP contribution in [0.3, 0.4) is 0 Å². The molecule has 4 heteroatoms. The first-order chi connectivity index (χ1) is 10.1. The Kier molecular flexibility index (Phi) is 5.37. The first-order valence-electron chi connectivity index (χ1n) is 7.66. The van der Waals surface area contributed by atoms with Crippen molar-refractivity contribution in [3.05, 3.63) is 35.9 Å². The molecule has 0 heterocycles. The fourth-order valence-electron chi connectivity index (χ4n) is 2.79. The van der Waals surface area contributed by atoms with Crippen molar-refractivity contribution in [3.8, 4) is 0 Å². The van der Waals surface area contributed by atoms with Crippen molar-refractivity contribution in [2.24, 2.45) is 11.8 Å². The molecule has 0 spiro atoms. The summed E-state index contributed by atoms with van der Waals surface area (Å²) in [7, 11) is 0. The summed E-state index contributed by atoms with van der Waals surface area (Å²) in [5.74, 6) is -0.431. The number of carboxylic acids is 1. The first kappa shape index (κ1) is 15.5. The zero-order chi connectivity index (χ0) is 15.2. The molecule has 0 aromatic heterocycles. The zero-order valence-electron chi connectivity index (χ0n) is 12.4. The number of carbonyl (C=O) groups excluding carboxylic acids is 1. The molecule has 3 atom stereocenters. The average Bonchev–Trinajstić information content (AvgIpc) is 3.23. The summed E-state index contributed by atoms with van der Waals surface area (Å²) in [5.41, 5.74) is 1.30. The van der Waals surface area contributed by atoms with Crippen LogP contribution in [0.25, 0.3) is 0 Å². The molecular formula is C17H23NO3. The van der Waals surface area contributed by atoms with Gasteiger partial charge in [0.2, 0.25) is 5.91 Å². The Morgan fingerprint density at radius 2 is 2.05 bits per heavy atom. The molecular weight excluding hydrogens is 266 g/mol. The molecule has 1 aliphatic rings. The Labute approximate surface area is 125 Å². The van der Waals surface area contributed by atoms with Crippen LogP contribution in [0, 0.1) is 11.8 Å². The Morgan fingerprint density at radius 1 is 1.33 bits per heavy atom. The van der Waals surface area contributed by atoms with Crippen molar-refractivity contribution in [2.45, 2.75) is 38.5 Å². The van der Waals surface area contributed by atoms with Gasteiger partial charge in [-0.1, -0.05) is 43.7 Å². The molecule has 0 bridgehead atoms. The molecule has 0 saturated heterocycles. The van der Waals surface area contributed by atoms with E-state index in [0.717, 1.165) is 12.8 Å². The minimum Gasteiger partial charge on any atom is -0.481 e. The lowest BCUT2D eigenvalue weighted by Crippen LogP contribution is -2.33. The predicted octanol–water partition coefficient (Wildman–Crippen LogP) is 2.80. The van der Waals surface area contributed by atoms with E-state index in [2.05, 4.69) is 17.4 Å². The van der Waals surface area contributed by atoms with Crippen LogP contribution in [0.2, 0.25) is 0 Å². The predicted molar refractivity (Wildman–Crippen MR) is 81.0 cm³/mol. The highest BCUT2D eigenvalue weighted by Gasteiger charge is 2.39. The van der Waals surface area contributed by atoms with Gasteiger partial charge in [0.15, 0.2) is 0 Å². The Balaban J connectivity index is 1.73. The number of hydrogen-bond donors (Lipinski definition) is 2. The number of rotatable bonds is 8. The third-order valence-electron chi connectivity index (χ3n) is 4.13. The second-order valence-electron chi connectivity index (χ2n) is 5.84. The number of amides is 1. The molecule has 0 aliphatic heterocycles. The van der Waals surface area contributed by atoms with Crippen LogP contribution >= 0.6 is 0 Å². The highest BCUT2D eigenvalue weighted by atomic mass is 16.4. The molecule has 4 nitrogen and oxygen atoms in total. The Morgan fingerprint density at radius 3 is 2.67 bits per heavy atom. The molecule has 1 amide bonds. The highest BCUT2D eigenvalue weighted by Crippen LogP contribution is 2.49. The van der Waals surface area contributed by atoms with Crippen molar-refractivity contribution in [3.63, 3.8) is 0 Å². The summed E-state index contributed by atoms with van der Waals surface area (Å²) in [6.45, 7) is 2.19. The SMILES string of the molecule is CCCC(CNC(=O)C[C@@H]1C[C@H]1c1ccccc1)C(=O)O. The molecule has 21 heavy (non-hydrogen) atoms. The standard InChI is InChI=1S/C17H23NO3/c1-2-6-13(17(20)21)11-18-16(19)10-14-9-15(14)12-7-4-3-5-8-12/h3-5,7-8,13-15H,2,6,9-11H2,1H3,(H,18,19)(H,20,21)/t13?,14-,15-/m0/s1. The quantitative estimate of drug-likeness (QED) is 0.773. The molecule has 1 saturated carbocycles. The van der Waals surface area contributed by atoms with E-state index in [4.69, 9.17) is 5.11 Å². The van der Waals surface area contributed by atoms with Gasteiger partial charge in [0.1, 0.15) is 0 Å². The van der Waals surface area contributed by atoms with Gasteiger partial charge in [0, 0.05) is 13.0 Å². The maximum Gasteiger partial charge on any atom is 0.308 e. The summed E-state index contributed by atoms with van der Waals surface area (Å²) >= 11 is 0. The second kappa shape index (κ2) is 7.25. The highest BCUT2D eigenvalue weighted by molar-refractivity contribution is 5.78. The number of carboxylic acid groups (broad SMARTS) is 1. The van der Waals surface area contributed by atoms with Crippen molar-refractivity contribution < 1.29 is 14.7 Å². The second-order valence-corrected chi connectivity index (χ2v) is 5.84. The molecule has 1 unspecified atom stereocenters. The van der Waals surface area contributed by atoms with Crippen molar-refractivity contribution >= 4 is 11.9 Å². The molecule has 1 aromatic rings. The smallest absolute Gasteiger partial charge is 0.308 e. The summed E-state index contributed by atoms with van der Waals surface area (Å²) in [6.07, 6.45) is 2.96. The normalized spacial score (nSPS) is 21.6. The van der Waals surface area contributed by atoms with Gasteiger partial charge in [0.05, 0.1) is 5.92 Å². The maximum atomic E-state index is 11.9. The molecule has 0 radical (unpaired) electrons. The maximum absolute atomic E-state index is 11.9. The average molecular weight is 289 g/mol. The monoisotopic (exact) mass is 289 g/mol. The summed E-state index contributed by atoms with van der Waals surface area (Å²) in [6, 6.07) is 10.2. The fourth-order valence-corrected chi connectivity index (χ4v) is 2.79. The van der Waals surface area contributed by atoms with E-state index in [-0.39, 0.29) is 12.5 Å². The topological polar surface area (TPSA) is 66.4 Å². The van der Waals surface area contributed by atoms with Gasteiger partial charge in [-0.3, -0.25) is 9.59 Å². The van der Waals surface area contributed by atoms with Crippen molar-refractivity contribution in [2.75, 3.05) is 6.54 Å². The van der Waals surface area contributed by atoms with E-state index in [1.165, 1.54) is 5.56 Å². The molecule has 2 N–H and O–H groups in total. The van der Waals surface area contributed by atoms with Gasteiger partial charge in [-0.05, 0) is 30.2 Å². The van der Waals surface area contributed by atoms with Crippen LogP contribution in [-0.2, 0) is 9.59 Å². The molecule has 1 fully saturated rings. The Bertz CT molecular complexity index is 486. The zero-order valence-corrected chi connectivity index (χ0v) is 12.4. The van der Waals surface area contributed by atoms with Crippen LogP contribution in [-0.4, -0.2) is 23.5 Å². The molecule has 1 aliphatic carbocycles. The van der Waals surface area contributed by atoms with Crippen LogP contribution in [0.5, 0.6) is 0 Å². The number of nitrogens with one attached hydrogen (secondary N) is 1. The van der Waals surface area contributed by atoms with E-state index >= 15 is 0 Å². The van der Waals surface area contributed by atoms with E-state index in [1.54, 1.807) is 0 Å². The lowest BCUT2D eigenvalue weighted by molar-refractivity contribution is -0.141. The number of carbonyl (C=O) groups is 2. The minimum atomic E-state index is -0.828. The molecule has 1 aromatic carbocycles. The summed E-state index contributed by atoms with van der Waals surface area (Å²) < 4.78 is 0. The number of aliphatic carboxylic acids is 1. The largest absolute Gasteiger partial charge is 0.481 e. The third kappa shape index (κ3) is 4.59. The van der Waals surface area contributed by atoms with Gasteiger partial charge in [0.25, 0.3) is 0 Å². The van der Waals surface area contributed by atoms with Crippen molar-refractivity contribution in [1.82, 2.24) is 5.32 Å². The van der Waals surface area contributed by atoms with Crippen LogP contribution in [0.1, 0.15) is 44.1 Å². The first-order valence-corrected chi connectivity index (χ1v) is 7.66. The summed E-state index contributed by atoms with van der Waals surface area (Å²) in [5, 5.41) is 11.8. The minimum absolute atomic E-state index is 0.0271. The van der Waals surface area contributed by atoms with Crippen LogP contribution < -0.4 is 5.32 Å². The van der Waals surface area contributed by atoms with Gasteiger partial charge < -0.3 is 10.4 Å². The number of hydrogen-bond acceptors (Lipinski definition) is 2. The summed E-state index contributed by atoms with van der Waals surface area (Å²) in [4.78, 5) is 22.9. The lowest BCUT2D eigenvalue weighted by Gasteiger charge is -2.12. The van der Waals surface area contributed by atoms with E-state index in [1.807, 2.05) is 25.1 Å². The van der Waals surface area contributed by atoms with Crippen LogP contribution in [0.15, 0.2) is 30.3 Å². The number of benzene rings is 1. The fraction of sp³-hybridized carbons (Fsp3) is 0.529. The van der Waals surface area contributed by atoms with E-state index in [9.17, 15) is 9.59 Å². The van der Waals surface area contributed by atoms with Crippen LogP contribution in [0.4, 0.5) is 0 Å².